The summed E-state index contributed by atoms with van der Waals surface area (Å²) >= 11 is 0. The monoisotopic (exact) mass is 484 g/mol. The second kappa shape index (κ2) is 11.4. The van der Waals surface area contributed by atoms with E-state index in [0.29, 0.717) is 55.8 Å². The van der Waals surface area contributed by atoms with Crippen LogP contribution in [0, 0.1) is 11.7 Å². The maximum absolute atomic E-state index is 14.3. The second-order valence-corrected chi connectivity index (χ2v) is 9.25. The van der Waals surface area contributed by atoms with Gasteiger partial charge in [0.05, 0.1) is 11.7 Å². The maximum atomic E-state index is 14.3. The van der Waals surface area contributed by atoms with Crippen molar-refractivity contribution in [2.24, 2.45) is 5.92 Å². The van der Waals surface area contributed by atoms with E-state index in [4.69, 9.17) is 9.47 Å². The van der Waals surface area contributed by atoms with E-state index in [2.05, 4.69) is 29.4 Å². The zero-order chi connectivity index (χ0) is 24.8. The van der Waals surface area contributed by atoms with Crippen LogP contribution in [0.4, 0.5) is 10.1 Å². The third kappa shape index (κ3) is 6.22. The standard InChI is InChI=1S/C26H33FN4O4/c1-18(2)9-10-28-25(32)26(33)29-16-22(19-7-8-23-24(15-19)35-17-34-23)31-13-11-30(12-14-31)21-6-4-3-5-20(21)27/h3-8,15,18,22H,9-14,16-17H2,1-2H3,(H,28,32)(H,29,33)/t22-/m1/s1. The highest BCUT2D eigenvalue weighted by atomic mass is 19.1. The number of carbonyl (C=O) groups excluding carboxylic acids is 2. The lowest BCUT2D eigenvalue weighted by Crippen LogP contribution is -2.51. The van der Waals surface area contributed by atoms with Gasteiger partial charge < -0.3 is 25.0 Å². The van der Waals surface area contributed by atoms with E-state index in [0.717, 1.165) is 12.0 Å². The molecule has 8 nitrogen and oxygen atoms in total. The van der Waals surface area contributed by atoms with Crippen molar-refractivity contribution in [3.05, 3.63) is 53.8 Å². The molecule has 2 aliphatic heterocycles. The largest absolute Gasteiger partial charge is 0.454 e. The van der Waals surface area contributed by atoms with Gasteiger partial charge >= 0.3 is 11.8 Å². The second-order valence-electron chi connectivity index (χ2n) is 9.25. The first-order valence-electron chi connectivity index (χ1n) is 12.1. The lowest BCUT2D eigenvalue weighted by atomic mass is 10.0. The fourth-order valence-electron chi connectivity index (χ4n) is 4.39. The van der Waals surface area contributed by atoms with Gasteiger partial charge in [0.2, 0.25) is 6.79 Å². The molecule has 0 saturated carbocycles. The van der Waals surface area contributed by atoms with E-state index in [1.165, 1.54) is 6.07 Å². The predicted molar refractivity (Wildman–Crippen MR) is 131 cm³/mol. The molecule has 2 amide bonds. The van der Waals surface area contributed by atoms with Gasteiger partial charge in [0.1, 0.15) is 5.82 Å². The van der Waals surface area contributed by atoms with Gasteiger partial charge in [-0.15, -0.1) is 0 Å². The number of piperazine rings is 1. The Balaban J connectivity index is 1.43. The zero-order valence-corrected chi connectivity index (χ0v) is 20.3. The molecule has 2 heterocycles. The minimum Gasteiger partial charge on any atom is -0.454 e. The molecule has 9 heteroatoms. The van der Waals surface area contributed by atoms with Gasteiger partial charge in [-0.2, -0.15) is 0 Å². The molecule has 1 fully saturated rings. The van der Waals surface area contributed by atoms with Crippen molar-refractivity contribution >= 4 is 17.5 Å². The molecule has 0 spiro atoms. The first-order chi connectivity index (χ1) is 16.9. The molecule has 0 radical (unpaired) electrons. The highest BCUT2D eigenvalue weighted by Gasteiger charge is 2.28. The van der Waals surface area contributed by atoms with Crippen LogP contribution in [-0.4, -0.2) is 62.8 Å². The normalized spacial score (nSPS) is 16.3. The molecule has 1 atom stereocenters. The van der Waals surface area contributed by atoms with Crippen LogP contribution < -0.4 is 25.0 Å². The average Bonchev–Trinajstić information content (AvgIpc) is 3.32. The number of rotatable bonds is 8. The Labute approximate surface area is 205 Å². The van der Waals surface area contributed by atoms with Crippen LogP contribution in [0.1, 0.15) is 31.9 Å². The number of amides is 2. The first kappa shape index (κ1) is 24.8. The quantitative estimate of drug-likeness (QED) is 0.561. The van der Waals surface area contributed by atoms with E-state index in [1.807, 2.05) is 29.2 Å². The van der Waals surface area contributed by atoms with Crippen LogP contribution in [0.2, 0.25) is 0 Å². The van der Waals surface area contributed by atoms with Crippen molar-refractivity contribution in [1.29, 1.82) is 0 Å². The molecule has 2 aromatic carbocycles. The molecular weight excluding hydrogens is 451 g/mol. The number of para-hydroxylation sites is 1. The molecular formula is C26H33FN4O4. The molecule has 4 rings (SSSR count). The molecule has 0 unspecified atom stereocenters. The molecule has 0 bridgehead atoms. The lowest BCUT2D eigenvalue weighted by molar-refractivity contribution is -0.139. The number of carbonyl (C=O) groups is 2. The third-order valence-electron chi connectivity index (χ3n) is 6.40. The van der Waals surface area contributed by atoms with Gasteiger partial charge in [0, 0.05) is 39.3 Å². The summed E-state index contributed by atoms with van der Waals surface area (Å²) in [4.78, 5) is 29.0. The van der Waals surface area contributed by atoms with Crippen LogP contribution in [-0.2, 0) is 9.59 Å². The van der Waals surface area contributed by atoms with Crippen molar-refractivity contribution < 1.29 is 23.5 Å². The van der Waals surface area contributed by atoms with E-state index in [1.54, 1.807) is 12.1 Å². The van der Waals surface area contributed by atoms with Crippen molar-refractivity contribution in [3.63, 3.8) is 0 Å². The van der Waals surface area contributed by atoms with Crippen LogP contribution in [0.15, 0.2) is 42.5 Å². The number of benzene rings is 2. The molecule has 188 valence electrons. The Morgan fingerprint density at radius 1 is 0.971 bits per heavy atom. The summed E-state index contributed by atoms with van der Waals surface area (Å²) in [5.41, 5.74) is 1.55. The van der Waals surface area contributed by atoms with E-state index in [-0.39, 0.29) is 25.2 Å². The van der Waals surface area contributed by atoms with Gasteiger partial charge in [0.25, 0.3) is 0 Å². The number of hydrogen-bond donors (Lipinski definition) is 2. The summed E-state index contributed by atoms with van der Waals surface area (Å²) in [5, 5.41) is 5.47. The zero-order valence-electron chi connectivity index (χ0n) is 20.3. The highest BCUT2D eigenvalue weighted by molar-refractivity contribution is 6.35. The summed E-state index contributed by atoms with van der Waals surface area (Å²) in [6.07, 6.45) is 0.811. The van der Waals surface area contributed by atoms with Crippen molar-refractivity contribution in [2.75, 3.05) is 51.0 Å². The van der Waals surface area contributed by atoms with Gasteiger partial charge in [-0.25, -0.2) is 4.39 Å². The number of nitrogens with zero attached hydrogens (tertiary/aromatic N) is 2. The molecule has 35 heavy (non-hydrogen) atoms. The number of halogens is 1. The van der Waals surface area contributed by atoms with Crippen molar-refractivity contribution in [3.8, 4) is 11.5 Å². The van der Waals surface area contributed by atoms with E-state index < -0.39 is 11.8 Å². The third-order valence-corrected chi connectivity index (χ3v) is 6.40. The first-order valence-corrected chi connectivity index (χ1v) is 12.1. The summed E-state index contributed by atoms with van der Waals surface area (Å²) in [6, 6.07) is 12.3. The number of fused-ring (bicyclic) bond motifs is 1. The lowest BCUT2D eigenvalue weighted by Gasteiger charge is -2.40. The van der Waals surface area contributed by atoms with Gasteiger partial charge in [0.15, 0.2) is 11.5 Å². The van der Waals surface area contributed by atoms with Crippen LogP contribution in [0.5, 0.6) is 11.5 Å². The van der Waals surface area contributed by atoms with Gasteiger partial charge in [-0.1, -0.05) is 32.0 Å². The molecule has 2 aliphatic rings. The molecule has 0 aliphatic carbocycles. The summed E-state index contributed by atoms with van der Waals surface area (Å²) in [6.45, 7) is 7.66. The number of ether oxygens (including phenoxy) is 2. The predicted octanol–water partition coefficient (Wildman–Crippen LogP) is 2.70. The molecule has 1 saturated heterocycles. The van der Waals surface area contributed by atoms with Crippen molar-refractivity contribution in [1.82, 2.24) is 15.5 Å². The maximum Gasteiger partial charge on any atom is 0.309 e. The van der Waals surface area contributed by atoms with E-state index in [9.17, 15) is 14.0 Å². The molecule has 2 N–H and O–H groups in total. The average molecular weight is 485 g/mol. The Morgan fingerprint density at radius 2 is 1.69 bits per heavy atom. The minimum absolute atomic E-state index is 0.179. The fourth-order valence-corrected chi connectivity index (χ4v) is 4.39. The van der Waals surface area contributed by atoms with Gasteiger partial charge in [-0.05, 0) is 42.2 Å². The van der Waals surface area contributed by atoms with Crippen LogP contribution >= 0.6 is 0 Å². The Morgan fingerprint density at radius 3 is 2.43 bits per heavy atom. The topological polar surface area (TPSA) is 83.1 Å². The molecule has 0 aromatic heterocycles. The number of anilines is 1. The number of nitrogens with one attached hydrogen (secondary N) is 2. The Hall–Kier alpha value is -3.33. The van der Waals surface area contributed by atoms with Crippen LogP contribution in [0.25, 0.3) is 0 Å². The summed E-state index contributed by atoms with van der Waals surface area (Å²) in [5.74, 6) is 0.283. The smallest absolute Gasteiger partial charge is 0.309 e. The fraction of sp³-hybridized carbons (Fsp3) is 0.462. The summed E-state index contributed by atoms with van der Waals surface area (Å²) in [7, 11) is 0. The Kier molecular flexibility index (Phi) is 8.07. The summed E-state index contributed by atoms with van der Waals surface area (Å²) < 4.78 is 25.3. The molecule has 2 aromatic rings. The van der Waals surface area contributed by atoms with E-state index >= 15 is 0 Å². The minimum atomic E-state index is -0.649. The Bertz CT molecular complexity index is 1040. The van der Waals surface area contributed by atoms with Crippen LogP contribution in [0.3, 0.4) is 0 Å². The highest BCUT2D eigenvalue weighted by Crippen LogP contribution is 2.36. The van der Waals surface area contributed by atoms with Gasteiger partial charge in [-0.3, -0.25) is 14.5 Å². The SMILES string of the molecule is CC(C)CCNC(=O)C(=O)NC[C@H](c1ccc2c(c1)OCO2)N1CCN(c2ccccc2F)CC1. The van der Waals surface area contributed by atoms with Crippen molar-refractivity contribution in [2.45, 2.75) is 26.3 Å². The number of hydrogen-bond acceptors (Lipinski definition) is 6.